The maximum Gasteiger partial charge on any atom is 0.342 e. The number of aromatic nitrogens is 1. The third-order valence-corrected chi connectivity index (χ3v) is 4.96. The second-order valence-electron chi connectivity index (χ2n) is 7.02. The van der Waals surface area contributed by atoms with E-state index in [0.717, 1.165) is 0 Å². The number of nitrogens with two attached hydrogens (primary N) is 1. The van der Waals surface area contributed by atoms with Gasteiger partial charge in [0, 0.05) is 11.3 Å². The van der Waals surface area contributed by atoms with E-state index in [1.54, 1.807) is 37.3 Å². The molecule has 0 saturated heterocycles. The predicted octanol–water partition coefficient (Wildman–Crippen LogP) is 3.09. The highest BCUT2D eigenvalue weighted by Gasteiger charge is 2.28. The maximum atomic E-state index is 12.3. The van der Waals surface area contributed by atoms with E-state index >= 15 is 0 Å². The molecule has 35 heavy (non-hydrogen) atoms. The molecule has 11 nitrogen and oxygen atoms in total. The van der Waals surface area contributed by atoms with Gasteiger partial charge in [0.1, 0.15) is 16.9 Å². The van der Waals surface area contributed by atoms with Gasteiger partial charge in [0.05, 0.1) is 11.6 Å². The van der Waals surface area contributed by atoms with Crippen LogP contribution in [0.5, 0.6) is 11.5 Å². The number of aromatic carboxylic acids is 2. The number of carbonyl (C=O) groups is 3. The van der Waals surface area contributed by atoms with E-state index in [1.165, 1.54) is 12.1 Å². The largest absolute Gasteiger partial charge is 0.490 e. The van der Waals surface area contributed by atoms with Crippen molar-refractivity contribution < 1.29 is 34.1 Å². The molecule has 0 fully saturated rings. The standard InChI is InChI=1S/C23H20ClN3O8/c1-2-34-14-9-11(16-17(22(30)31)20(25)27-21(29)18(16)23(32)33)8-13(24)19(14)35-10-15(28)26-12-6-4-3-5-7-12/h3-9H,2,10H2,1H3,(H,26,28)(H,30,31)(H,32,33)(H3,25,27,29). The Balaban J connectivity index is 2.06. The van der Waals surface area contributed by atoms with E-state index in [4.69, 9.17) is 26.8 Å². The fourth-order valence-corrected chi connectivity index (χ4v) is 3.57. The highest BCUT2D eigenvalue weighted by Crippen LogP contribution is 2.41. The fourth-order valence-electron chi connectivity index (χ4n) is 3.31. The van der Waals surface area contributed by atoms with Crippen molar-refractivity contribution in [3.05, 3.63) is 69.0 Å². The van der Waals surface area contributed by atoms with Gasteiger partial charge in [-0.3, -0.25) is 9.59 Å². The van der Waals surface area contributed by atoms with Gasteiger partial charge >= 0.3 is 11.9 Å². The van der Waals surface area contributed by atoms with Crippen LogP contribution in [0.4, 0.5) is 11.5 Å². The third-order valence-electron chi connectivity index (χ3n) is 4.68. The van der Waals surface area contributed by atoms with Gasteiger partial charge in [0.15, 0.2) is 18.1 Å². The quantitative estimate of drug-likeness (QED) is 0.294. The van der Waals surface area contributed by atoms with E-state index in [9.17, 15) is 29.4 Å². The van der Waals surface area contributed by atoms with Crippen LogP contribution in [-0.4, -0.2) is 46.3 Å². The van der Waals surface area contributed by atoms with Crippen molar-refractivity contribution in [3.63, 3.8) is 0 Å². The van der Waals surface area contributed by atoms with E-state index < -0.39 is 52.5 Å². The average molecular weight is 502 g/mol. The highest BCUT2D eigenvalue weighted by molar-refractivity contribution is 6.32. The maximum absolute atomic E-state index is 12.3. The SMILES string of the molecule is CCOc1cc(-c2c(C(=O)O)c(N)[nH]c(=O)c2C(=O)O)cc(Cl)c1OCC(=O)Nc1ccccc1. The van der Waals surface area contributed by atoms with E-state index in [2.05, 4.69) is 5.32 Å². The Labute approximate surface area is 203 Å². The number of carboxylic acids is 2. The molecule has 0 saturated carbocycles. The molecule has 0 aliphatic heterocycles. The lowest BCUT2D eigenvalue weighted by molar-refractivity contribution is -0.118. The Bertz CT molecular complexity index is 1360. The summed E-state index contributed by atoms with van der Waals surface area (Å²) < 4.78 is 11.1. The van der Waals surface area contributed by atoms with Crippen molar-refractivity contribution >= 4 is 41.0 Å². The smallest absolute Gasteiger partial charge is 0.342 e. The van der Waals surface area contributed by atoms with Crippen molar-refractivity contribution in [1.82, 2.24) is 4.98 Å². The summed E-state index contributed by atoms with van der Waals surface area (Å²) in [6.07, 6.45) is 0. The Morgan fingerprint density at radius 2 is 1.71 bits per heavy atom. The number of amides is 1. The van der Waals surface area contributed by atoms with Crippen LogP contribution in [0, 0.1) is 0 Å². The Hall–Kier alpha value is -4.51. The molecule has 1 amide bonds. The number of ether oxygens (including phenoxy) is 2. The monoisotopic (exact) mass is 501 g/mol. The van der Waals surface area contributed by atoms with Gasteiger partial charge in [-0.05, 0) is 36.8 Å². The molecule has 1 heterocycles. The second kappa shape index (κ2) is 10.6. The molecule has 0 radical (unpaired) electrons. The summed E-state index contributed by atoms with van der Waals surface area (Å²) in [5.74, 6) is -4.29. The molecule has 0 spiro atoms. The van der Waals surface area contributed by atoms with Crippen molar-refractivity contribution in [2.75, 3.05) is 24.3 Å². The molecule has 12 heteroatoms. The molecule has 3 rings (SSSR count). The molecular formula is C23H20ClN3O8. The summed E-state index contributed by atoms with van der Waals surface area (Å²) in [6.45, 7) is 1.34. The molecule has 1 aromatic heterocycles. The number of carboxylic acid groups (broad SMARTS) is 2. The van der Waals surface area contributed by atoms with Crippen LogP contribution in [0.25, 0.3) is 11.1 Å². The highest BCUT2D eigenvalue weighted by atomic mass is 35.5. The zero-order chi connectivity index (χ0) is 25.7. The number of carbonyl (C=O) groups excluding carboxylic acids is 1. The van der Waals surface area contributed by atoms with Crippen LogP contribution in [0.3, 0.4) is 0 Å². The minimum atomic E-state index is -1.67. The Morgan fingerprint density at radius 1 is 1.06 bits per heavy atom. The molecule has 0 unspecified atom stereocenters. The number of hydrogen-bond acceptors (Lipinski definition) is 7. The van der Waals surface area contributed by atoms with E-state index in [-0.39, 0.29) is 28.7 Å². The second-order valence-corrected chi connectivity index (χ2v) is 7.43. The molecular weight excluding hydrogens is 482 g/mol. The lowest BCUT2D eigenvalue weighted by Gasteiger charge is -2.17. The molecule has 0 atom stereocenters. The zero-order valence-electron chi connectivity index (χ0n) is 18.3. The fraction of sp³-hybridized carbons (Fsp3) is 0.130. The van der Waals surface area contributed by atoms with Crippen LogP contribution < -0.4 is 26.1 Å². The van der Waals surface area contributed by atoms with Gasteiger partial charge in [0.25, 0.3) is 11.5 Å². The molecule has 0 aliphatic carbocycles. The van der Waals surface area contributed by atoms with Gasteiger partial charge in [-0.25, -0.2) is 9.59 Å². The van der Waals surface area contributed by atoms with Crippen LogP contribution in [0.15, 0.2) is 47.3 Å². The molecule has 3 aromatic rings. The summed E-state index contributed by atoms with van der Waals surface area (Å²) in [5.41, 5.74) is 3.15. The van der Waals surface area contributed by atoms with Crippen LogP contribution in [0.2, 0.25) is 5.02 Å². The number of nitrogen functional groups attached to an aromatic ring is 1. The van der Waals surface area contributed by atoms with Gasteiger partial charge in [-0.15, -0.1) is 0 Å². The minimum Gasteiger partial charge on any atom is -0.490 e. The molecule has 182 valence electrons. The molecule has 6 N–H and O–H groups in total. The van der Waals surface area contributed by atoms with Crippen LogP contribution in [0.1, 0.15) is 27.6 Å². The number of pyridine rings is 1. The first-order valence-corrected chi connectivity index (χ1v) is 10.5. The average Bonchev–Trinajstić information content (AvgIpc) is 2.78. The Morgan fingerprint density at radius 3 is 2.31 bits per heavy atom. The number of aromatic amines is 1. The number of nitrogens with one attached hydrogen (secondary N) is 2. The van der Waals surface area contributed by atoms with Gasteiger partial charge in [0.2, 0.25) is 0 Å². The van der Waals surface area contributed by atoms with Crippen LogP contribution in [-0.2, 0) is 4.79 Å². The van der Waals surface area contributed by atoms with Crippen molar-refractivity contribution in [1.29, 1.82) is 0 Å². The lowest BCUT2D eigenvalue weighted by Crippen LogP contribution is -2.24. The number of halogens is 1. The molecule has 0 bridgehead atoms. The van der Waals surface area contributed by atoms with Gasteiger partial charge in [-0.1, -0.05) is 29.8 Å². The third kappa shape index (κ3) is 5.53. The number of anilines is 2. The van der Waals surface area contributed by atoms with Crippen molar-refractivity contribution in [3.8, 4) is 22.6 Å². The summed E-state index contributed by atoms with van der Waals surface area (Å²) in [7, 11) is 0. The summed E-state index contributed by atoms with van der Waals surface area (Å²) >= 11 is 6.36. The lowest BCUT2D eigenvalue weighted by atomic mass is 9.95. The number of para-hydroxylation sites is 1. The first-order chi connectivity index (χ1) is 16.6. The summed E-state index contributed by atoms with van der Waals surface area (Å²) in [5, 5.41) is 21.7. The first kappa shape index (κ1) is 25.1. The van der Waals surface area contributed by atoms with E-state index in [1.807, 2.05) is 4.98 Å². The number of rotatable bonds is 9. The number of benzene rings is 2. The predicted molar refractivity (Wildman–Crippen MR) is 128 cm³/mol. The number of hydrogen-bond donors (Lipinski definition) is 5. The van der Waals surface area contributed by atoms with Crippen molar-refractivity contribution in [2.24, 2.45) is 0 Å². The van der Waals surface area contributed by atoms with Crippen molar-refractivity contribution in [2.45, 2.75) is 6.92 Å². The molecule has 0 aliphatic rings. The zero-order valence-corrected chi connectivity index (χ0v) is 19.0. The topological polar surface area (TPSA) is 181 Å². The summed E-state index contributed by atoms with van der Waals surface area (Å²) in [4.78, 5) is 50.3. The van der Waals surface area contributed by atoms with E-state index in [0.29, 0.717) is 5.69 Å². The van der Waals surface area contributed by atoms with Gasteiger partial charge < -0.3 is 35.7 Å². The van der Waals surface area contributed by atoms with Gasteiger partial charge in [-0.2, -0.15) is 0 Å². The van der Waals surface area contributed by atoms with Crippen LogP contribution >= 0.6 is 11.6 Å². The minimum absolute atomic E-state index is 0.00552. The normalized spacial score (nSPS) is 10.5. The molecule has 2 aromatic carbocycles. The summed E-state index contributed by atoms with van der Waals surface area (Å²) in [6, 6.07) is 11.1. The number of H-pyrrole nitrogens is 1. The first-order valence-electron chi connectivity index (χ1n) is 10.1. The Kier molecular flexibility index (Phi) is 7.62.